The lowest BCUT2D eigenvalue weighted by molar-refractivity contribution is -0.160. The smallest absolute Gasteiger partial charge is 0.337 e. The molecule has 3 aliphatic rings. The van der Waals surface area contributed by atoms with Gasteiger partial charge in [-0.3, -0.25) is 0 Å². The first kappa shape index (κ1) is 33.1. The highest BCUT2D eigenvalue weighted by molar-refractivity contribution is 7.15. The first-order chi connectivity index (χ1) is 22.3. The van der Waals surface area contributed by atoms with Gasteiger partial charge in [0.1, 0.15) is 28.1 Å². The number of hydrogen-bond donors (Lipinski definition) is 1. The van der Waals surface area contributed by atoms with Crippen LogP contribution in [0.1, 0.15) is 94.5 Å². The Morgan fingerprint density at radius 2 is 1.96 bits per heavy atom. The number of aliphatic carboxylic acids is 1. The molecule has 0 saturated carbocycles. The van der Waals surface area contributed by atoms with Crippen molar-refractivity contribution in [3.05, 3.63) is 70.1 Å². The molecule has 0 radical (unpaired) electrons. The van der Waals surface area contributed by atoms with Crippen molar-refractivity contribution in [2.24, 2.45) is 5.41 Å². The Hall–Kier alpha value is -3.83. The number of aromatic nitrogens is 4. The number of piperidine rings is 1. The van der Waals surface area contributed by atoms with Crippen molar-refractivity contribution in [1.29, 1.82) is 0 Å². The minimum absolute atomic E-state index is 0.106. The number of fused-ring (bicyclic) bond motifs is 7. The van der Waals surface area contributed by atoms with Gasteiger partial charge in [0.05, 0.1) is 17.3 Å². The number of ether oxygens (including phenoxy) is 2. The van der Waals surface area contributed by atoms with Crippen LogP contribution in [-0.4, -0.2) is 55.5 Å². The minimum Gasteiger partial charge on any atom is -0.490 e. The lowest BCUT2D eigenvalue weighted by Gasteiger charge is -2.41. The van der Waals surface area contributed by atoms with Gasteiger partial charge in [-0.15, -0.1) is 11.3 Å². The third kappa shape index (κ3) is 7.36. The summed E-state index contributed by atoms with van der Waals surface area (Å²) in [7, 11) is 0. The molecule has 0 amide bonds. The average Bonchev–Trinajstić information content (AvgIpc) is 3.63. The SMILES string of the molecule is Cc1nc2cc3nn2c(c1[C@H](OC(C)(C)C)C(=O)O)N1CCC(C)(CC/C=C/C[C@@H](C)Oc2cc(F)ccc2Cc2cnc-3s2)CC1. The topological polar surface area (TPSA) is 102 Å². The predicted octanol–water partition coefficient (Wildman–Crippen LogP) is 7.95. The molecule has 7 rings (SSSR count). The van der Waals surface area contributed by atoms with Gasteiger partial charge in [-0.1, -0.05) is 25.1 Å². The summed E-state index contributed by atoms with van der Waals surface area (Å²) in [5.41, 5.74) is 2.73. The Kier molecular flexibility index (Phi) is 9.15. The lowest BCUT2D eigenvalue weighted by Crippen LogP contribution is -2.41. The molecule has 1 aromatic carbocycles. The number of rotatable bonds is 3. The van der Waals surface area contributed by atoms with Crippen molar-refractivity contribution in [1.82, 2.24) is 19.6 Å². The Bertz CT molecular complexity index is 1800. The average molecular weight is 662 g/mol. The van der Waals surface area contributed by atoms with E-state index >= 15 is 0 Å². The van der Waals surface area contributed by atoms with Gasteiger partial charge in [-0.25, -0.2) is 19.2 Å². The highest BCUT2D eigenvalue weighted by atomic mass is 32.1. The van der Waals surface area contributed by atoms with Gasteiger partial charge in [0, 0.05) is 54.8 Å². The molecule has 1 fully saturated rings. The third-order valence-electron chi connectivity index (χ3n) is 9.08. The number of aryl methyl sites for hydroxylation is 1. The molecule has 3 aliphatic heterocycles. The second-order valence-corrected chi connectivity index (χ2v) is 15.3. The number of benzene rings is 1. The molecular weight excluding hydrogens is 617 g/mol. The van der Waals surface area contributed by atoms with Crippen LogP contribution in [0.4, 0.5) is 10.2 Å². The normalized spacial score (nSPS) is 22.0. The van der Waals surface area contributed by atoms with Crippen LogP contribution in [0.3, 0.4) is 0 Å². The Morgan fingerprint density at radius 1 is 1.19 bits per heavy atom. The summed E-state index contributed by atoms with van der Waals surface area (Å²) >= 11 is 1.51. The van der Waals surface area contributed by atoms with Crippen molar-refractivity contribution in [3.8, 4) is 16.5 Å². The van der Waals surface area contributed by atoms with Crippen LogP contribution in [0.2, 0.25) is 0 Å². The fourth-order valence-electron chi connectivity index (χ4n) is 6.51. The van der Waals surface area contributed by atoms with E-state index in [4.69, 9.17) is 24.5 Å². The second-order valence-electron chi connectivity index (χ2n) is 14.2. The van der Waals surface area contributed by atoms with Crippen LogP contribution in [-0.2, 0) is 16.0 Å². The van der Waals surface area contributed by atoms with E-state index in [0.29, 0.717) is 40.6 Å². The maximum absolute atomic E-state index is 14.3. The number of nitrogens with zero attached hydrogens (tertiary/aromatic N) is 5. The van der Waals surface area contributed by atoms with E-state index in [-0.39, 0.29) is 17.3 Å². The van der Waals surface area contributed by atoms with Gasteiger partial charge >= 0.3 is 5.97 Å². The molecule has 0 unspecified atom stereocenters. The fourth-order valence-corrected chi connectivity index (χ4v) is 7.40. The van der Waals surface area contributed by atoms with Crippen molar-refractivity contribution in [2.75, 3.05) is 18.0 Å². The predicted molar refractivity (Wildman–Crippen MR) is 182 cm³/mol. The maximum atomic E-state index is 14.3. The molecule has 11 heteroatoms. The van der Waals surface area contributed by atoms with Crippen LogP contribution in [0.25, 0.3) is 16.3 Å². The number of allylic oxidation sites excluding steroid dienone is 1. The monoisotopic (exact) mass is 661 g/mol. The summed E-state index contributed by atoms with van der Waals surface area (Å²) in [6.07, 6.45) is 10.1. The summed E-state index contributed by atoms with van der Waals surface area (Å²) in [4.78, 5) is 25.6. The molecule has 47 heavy (non-hydrogen) atoms. The van der Waals surface area contributed by atoms with Crippen molar-refractivity contribution >= 4 is 28.8 Å². The van der Waals surface area contributed by atoms with Crippen molar-refractivity contribution in [2.45, 2.75) is 97.9 Å². The van der Waals surface area contributed by atoms with E-state index in [9.17, 15) is 14.3 Å². The van der Waals surface area contributed by atoms with E-state index in [0.717, 1.165) is 60.6 Å². The molecule has 6 heterocycles. The largest absolute Gasteiger partial charge is 0.490 e. The lowest BCUT2D eigenvalue weighted by atomic mass is 9.76. The summed E-state index contributed by atoms with van der Waals surface area (Å²) in [5.74, 6) is -0.143. The fraction of sp³-hybridized carbons (Fsp3) is 0.500. The van der Waals surface area contributed by atoms with Crippen molar-refractivity contribution in [3.63, 3.8) is 0 Å². The summed E-state index contributed by atoms with van der Waals surface area (Å²) in [5, 5.41) is 16.2. The molecule has 1 N–H and O–H groups in total. The number of carboxylic acids is 1. The highest BCUT2D eigenvalue weighted by Crippen LogP contribution is 2.41. The van der Waals surface area contributed by atoms with Gasteiger partial charge in [0.25, 0.3) is 0 Å². The first-order valence-electron chi connectivity index (χ1n) is 16.4. The molecule has 3 aromatic heterocycles. The molecular formula is C36H44FN5O4S. The van der Waals surface area contributed by atoms with E-state index < -0.39 is 17.7 Å². The van der Waals surface area contributed by atoms with Gasteiger partial charge in [-0.2, -0.15) is 9.61 Å². The second kappa shape index (κ2) is 13.0. The van der Waals surface area contributed by atoms with E-state index in [1.54, 1.807) is 10.6 Å². The van der Waals surface area contributed by atoms with E-state index in [1.807, 2.05) is 46.9 Å². The maximum Gasteiger partial charge on any atom is 0.337 e. The quantitative estimate of drug-likeness (QED) is 0.221. The van der Waals surface area contributed by atoms with Crippen LogP contribution >= 0.6 is 11.3 Å². The van der Waals surface area contributed by atoms with Crippen molar-refractivity contribution < 1.29 is 23.8 Å². The number of carboxylic acid groups (broad SMARTS) is 1. The number of anilines is 1. The Balaban J connectivity index is 1.47. The van der Waals surface area contributed by atoms with E-state index in [1.165, 1.54) is 23.5 Å². The zero-order valence-electron chi connectivity index (χ0n) is 28.0. The summed E-state index contributed by atoms with van der Waals surface area (Å²) in [6, 6.07) is 6.60. The first-order valence-corrected chi connectivity index (χ1v) is 17.2. The van der Waals surface area contributed by atoms with Gasteiger partial charge in [-0.05, 0) is 77.3 Å². The molecule has 1 saturated heterocycles. The number of halogens is 1. The standard InChI is InChI=1S/C36H44FN5O4S/c1-22-10-8-7-9-13-36(6)14-16-41(17-15-36)33-30(31(34(43)44)46-35(3,4)5)23(2)39-29-20-27(40-42(29)33)32-38-21-26(47-32)18-24-11-12-25(37)19-28(24)45-22/h7-8,11-12,19-22,31H,9-10,13-18H2,1-6H3,(H,43,44)/b8-7+/t22-,31+/m1/s1. The molecule has 250 valence electrons. The van der Waals surface area contributed by atoms with Gasteiger partial charge in [0.2, 0.25) is 0 Å². The molecule has 2 atom stereocenters. The van der Waals surface area contributed by atoms with Gasteiger partial charge in [0.15, 0.2) is 11.8 Å². The summed E-state index contributed by atoms with van der Waals surface area (Å²) < 4.78 is 28.5. The molecule has 6 bridgehead atoms. The van der Waals surface area contributed by atoms with Crippen LogP contribution in [0.5, 0.6) is 5.75 Å². The molecule has 4 aromatic rings. The molecule has 0 spiro atoms. The Labute approximate surface area is 279 Å². The van der Waals surface area contributed by atoms with Gasteiger partial charge < -0.3 is 19.5 Å². The Morgan fingerprint density at radius 3 is 2.68 bits per heavy atom. The summed E-state index contributed by atoms with van der Waals surface area (Å²) in [6.45, 7) is 13.3. The number of carbonyl (C=O) groups is 1. The zero-order valence-corrected chi connectivity index (χ0v) is 28.9. The van der Waals surface area contributed by atoms with Crippen LogP contribution in [0.15, 0.2) is 42.6 Å². The van der Waals surface area contributed by atoms with E-state index in [2.05, 4.69) is 24.0 Å². The van der Waals surface area contributed by atoms with Crippen LogP contribution in [0, 0.1) is 18.2 Å². The highest BCUT2D eigenvalue weighted by Gasteiger charge is 2.37. The number of hydrogen-bond acceptors (Lipinski definition) is 8. The van der Waals surface area contributed by atoms with Crippen LogP contribution < -0.4 is 9.64 Å². The number of thiazole rings is 1. The third-order valence-corrected chi connectivity index (χ3v) is 10.1. The molecule has 0 aliphatic carbocycles. The zero-order chi connectivity index (χ0) is 33.5. The molecule has 9 nitrogen and oxygen atoms in total. The minimum atomic E-state index is -1.22.